The number of benzene rings is 3. The Morgan fingerprint density at radius 2 is 1.71 bits per heavy atom. The maximum Gasteiger partial charge on any atom is 0.274 e. The average molecular weight is 471 g/mol. The summed E-state index contributed by atoms with van der Waals surface area (Å²) >= 11 is 1.40. The summed E-state index contributed by atoms with van der Waals surface area (Å²) in [6.07, 6.45) is 2.97. The Hall–Kier alpha value is -3.64. The van der Waals surface area contributed by atoms with Crippen LogP contribution in [-0.2, 0) is 0 Å². The molecule has 0 unspecified atom stereocenters. The number of aromatic nitrogens is 2. The van der Waals surface area contributed by atoms with E-state index in [0.717, 1.165) is 34.5 Å². The highest BCUT2D eigenvalue weighted by Gasteiger charge is 2.11. The Labute approximate surface area is 201 Å². The molecule has 172 valence electrons. The number of hydrogen-bond donors (Lipinski definition) is 0. The van der Waals surface area contributed by atoms with Gasteiger partial charge in [-0.05, 0) is 59.9 Å². The van der Waals surface area contributed by atoms with Crippen LogP contribution in [0.25, 0.3) is 22.1 Å². The zero-order valence-electron chi connectivity index (χ0n) is 19.2. The van der Waals surface area contributed by atoms with Crippen molar-refractivity contribution in [1.82, 2.24) is 9.38 Å². The van der Waals surface area contributed by atoms with E-state index in [1.807, 2.05) is 66.7 Å². The van der Waals surface area contributed by atoms with E-state index in [-0.39, 0.29) is 5.56 Å². The van der Waals surface area contributed by atoms with E-state index in [0.29, 0.717) is 28.6 Å². The highest BCUT2D eigenvalue weighted by Crippen LogP contribution is 2.28. The molecule has 3 aromatic carbocycles. The third kappa shape index (κ3) is 4.41. The minimum absolute atomic E-state index is 0.0381. The first-order valence-corrected chi connectivity index (χ1v) is 12.3. The number of fused-ring (bicyclic) bond motifs is 3. The number of rotatable bonds is 8. The van der Waals surface area contributed by atoms with Crippen LogP contribution in [0.15, 0.2) is 77.6 Å². The predicted octanol–water partition coefficient (Wildman–Crippen LogP) is 5.43. The molecule has 5 rings (SSSR count). The van der Waals surface area contributed by atoms with Crippen LogP contribution < -0.4 is 19.6 Å². The number of imidazole rings is 1. The summed E-state index contributed by atoms with van der Waals surface area (Å²) in [4.78, 5) is 18.2. The molecule has 0 fully saturated rings. The number of thiazole rings is 1. The van der Waals surface area contributed by atoms with E-state index in [9.17, 15) is 4.79 Å². The van der Waals surface area contributed by atoms with Crippen molar-refractivity contribution in [2.45, 2.75) is 26.2 Å². The maximum atomic E-state index is 12.9. The minimum atomic E-state index is -0.0381. The Morgan fingerprint density at radius 3 is 2.53 bits per heavy atom. The van der Waals surface area contributed by atoms with E-state index >= 15 is 0 Å². The van der Waals surface area contributed by atoms with Crippen molar-refractivity contribution in [2.75, 3.05) is 13.2 Å². The maximum absolute atomic E-state index is 12.9. The molecule has 1 atom stereocenters. The Bertz CT molecular complexity index is 1540. The summed E-state index contributed by atoms with van der Waals surface area (Å²) in [6.45, 7) is 5.33. The predicted molar refractivity (Wildman–Crippen MR) is 138 cm³/mol. The molecule has 5 nitrogen and oxygen atoms in total. The largest absolute Gasteiger partial charge is 0.490 e. The summed E-state index contributed by atoms with van der Waals surface area (Å²) in [5.74, 6) is 2.15. The van der Waals surface area contributed by atoms with Gasteiger partial charge in [-0.25, -0.2) is 9.38 Å². The summed E-state index contributed by atoms with van der Waals surface area (Å²) < 4.78 is 14.2. The number of nitrogens with zero attached hydrogens (tertiary/aromatic N) is 2. The van der Waals surface area contributed by atoms with E-state index < -0.39 is 0 Å². The van der Waals surface area contributed by atoms with Crippen molar-refractivity contribution in [3.63, 3.8) is 0 Å². The zero-order valence-corrected chi connectivity index (χ0v) is 20.0. The second-order valence-electron chi connectivity index (χ2n) is 8.25. The molecule has 0 amide bonds. The van der Waals surface area contributed by atoms with Gasteiger partial charge < -0.3 is 9.47 Å². The lowest BCUT2D eigenvalue weighted by Gasteiger charge is -2.15. The van der Waals surface area contributed by atoms with Crippen LogP contribution >= 0.6 is 11.3 Å². The fourth-order valence-corrected chi connectivity index (χ4v) is 4.96. The summed E-state index contributed by atoms with van der Waals surface area (Å²) in [5.41, 5.74) is 3.82. The van der Waals surface area contributed by atoms with Crippen LogP contribution in [0, 0.1) is 0 Å². The number of ether oxygens (including phenoxy) is 2. The summed E-state index contributed by atoms with van der Waals surface area (Å²) in [7, 11) is 0. The van der Waals surface area contributed by atoms with Crippen LogP contribution in [0.4, 0.5) is 0 Å². The molecule has 34 heavy (non-hydrogen) atoms. The molecule has 0 aliphatic heterocycles. The van der Waals surface area contributed by atoms with Crippen molar-refractivity contribution in [2.24, 2.45) is 0 Å². The zero-order chi connectivity index (χ0) is 23.5. The summed E-state index contributed by atoms with van der Waals surface area (Å²) in [6, 6.07) is 23.6. The molecule has 5 aromatic rings. The molecule has 0 saturated heterocycles. The van der Waals surface area contributed by atoms with Gasteiger partial charge in [0.2, 0.25) is 0 Å². The van der Waals surface area contributed by atoms with Gasteiger partial charge in [0.05, 0.1) is 15.6 Å². The Morgan fingerprint density at radius 1 is 0.971 bits per heavy atom. The van der Waals surface area contributed by atoms with Crippen molar-refractivity contribution in [1.29, 1.82) is 0 Å². The average Bonchev–Trinajstić information content (AvgIpc) is 3.38. The van der Waals surface area contributed by atoms with Crippen LogP contribution in [0.1, 0.15) is 37.3 Å². The van der Waals surface area contributed by atoms with Crippen molar-refractivity contribution < 1.29 is 9.47 Å². The molecule has 6 heteroatoms. The van der Waals surface area contributed by atoms with E-state index in [4.69, 9.17) is 9.47 Å². The molecule has 0 N–H and O–H groups in total. The third-order valence-electron chi connectivity index (χ3n) is 5.99. The first kappa shape index (κ1) is 22.2. The second kappa shape index (κ2) is 9.69. The standard InChI is InChI=1S/C28H26N2O3S/c1-3-19(2)22-8-4-7-11-25(22)33-17-16-32-21-14-12-20(13-15-21)18-26-27(31)30-24-10-6-5-9-23(24)29-28(30)34-26/h4-15,18-19H,3,16-17H2,1-2H3/b26-18-/t19-/m1/s1. The normalized spacial score (nSPS) is 12.9. The summed E-state index contributed by atoms with van der Waals surface area (Å²) in [5, 5.41) is 0. The molecule has 0 aliphatic rings. The molecule has 2 aromatic heterocycles. The smallest absolute Gasteiger partial charge is 0.274 e. The van der Waals surface area contributed by atoms with Crippen molar-refractivity contribution in [3.05, 3.63) is 98.8 Å². The molecule has 2 heterocycles. The van der Waals surface area contributed by atoms with E-state index in [1.165, 1.54) is 16.9 Å². The Balaban J connectivity index is 1.24. The second-order valence-corrected chi connectivity index (χ2v) is 9.26. The highest BCUT2D eigenvalue weighted by molar-refractivity contribution is 7.15. The SMILES string of the molecule is CC[C@@H](C)c1ccccc1OCCOc1ccc(/C=c2\sc3nc4ccccc4n3c2=O)cc1. The van der Waals surface area contributed by atoms with Crippen LogP contribution in [0.3, 0.4) is 0 Å². The fourth-order valence-electron chi connectivity index (χ4n) is 3.97. The molecule has 0 radical (unpaired) electrons. The number of para-hydroxylation sites is 3. The van der Waals surface area contributed by atoms with Gasteiger partial charge in [-0.15, -0.1) is 0 Å². The third-order valence-corrected chi connectivity index (χ3v) is 6.96. The van der Waals surface area contributed by atoms with Gasteiger partial charge >= 0.3 is 0 Å². The lowest BCUT2D eigenvalue weighted by molar-refractivity contribution is 0.215. The topological polar surface area (TPSA) is 52.8 Å². The first-order valence-electron chi connectivity index (χ1n) is 11.5. The van der Waals surface area contributed by atoms with Crippen LogP contribution in [0.2, 0.25) is 0 Å². The lowest BCUT2D eigenvalue weighted by atomic mass is 9.98. The Kier molecular flexibility index (Phi) is 6.32. The molecule has 0 bridgehead atoms. The van der Waals surface area contributed by atoms with E-state index in [2.05, 4.69) is 31.0 Å². The molecular formula is C28H26N2O3S. The van der Waals surface area contributed by atoms with Crippen molar-refractivity contribution in [3.8, 4) is 11.5 Å². The highest BCUT2D eigenvalue weighted by atomic mass is 32.1. The van der Waals surface area contributed by atoms with Gasteiger partial charge in [-0.1, -0.05) is 67.6 Å². The van der Waals surface area contributed by atoms with Crippen molar-refractivity contribution >= 4 is 33.4 Å². The van der Waals surface area contributed by atoms with Crippen LogP contribution in [-0.4, -0.2) is 22.6 Å². The van der Waals surface area contributed by atoms with Gasteiger partial charge in [-0.3, -0.25) is 4.79 Å². The molecule has 0 spiro atoms. The van der Waals surface area contributed by atoms with Gasteiger partial charge in [0.15, 0.2) is 4.96 Å². The monoisotopic (exact) mass is 470 g/mol. The van der Waals surface area contributed by atoms with Crippen LogP contribution in [0.5, 0.6) is 11.5 Å². The quantitative estimate of drug-likeness (QED) is 0.284. The van der Waals surface area contributed by atoms with Gasteiger partial charge in [-0.2, -0.15) is 0 Å². The van der Waals surface area contributed by atoms with E-state index in [1.54, 1.807) is 4.40 Å². The van der Waals surface area contributed by atoms with Gasteiger partial charge in [0.25, 0.3) is 5.56 Å². The molecule has 0 saturated carbocycles. The number of hydrogen-bond acceptors (Lipinski definition) is 5. The van der Waals surface area contributed by atoms with Gasteiger partial charge in [0, 0.05) is 0 Å². The molecular weight excluding hydrogens is 444 g/mol. The first-order chi connectivity index (χ1) is 16.6. The minimum Gasteiger partial charge on any atom is -0.490 e. The van der Waals surface area contributed by atoms with Gasteiger partial charge in [0.1, 0.15) is 24.7 Å². The lowest BCUT2D eigenvalue weighted by Crippen LogP contribution is -2.22. The molecule has 0 aliphatic carbocycles. The fraction of sp³-hybridized carbons (Fsp3) is 0.214.